The summed E-state index contributed by atoms with van der Waals surface area (Å²) in [5, 5.41) is 13.8. The summed E-state index contributed by atoms with van der Waals surface area (Å²) in [5.74, 6) is 0. The van der Waals surface area contributed by atoms with Gasteiger partial charge in [-0.2, -0.15) is 0 Å². The smallest absolute Gasteiger partial charge is 0.0717 e. The summed E-state index contributed by atoms with van der Waals surface area (Å²) in [5.41, 5.74) is 2.01. The maximum Gasteiger partial charge on any atom is 0.0717 e. The highest BCUT2D eigenvalue weighted by Gasteiger charge is 2.24. The van der Waals surface area contributed by atoms with E-state index in [0.717, 1.165) is 51.7 Å². The summed E-state index contributed by atoms with van der Waals surface area (Å²) >= 11 is 0. The lowest BCUT2D eigenvalue weighted by Crippen LogP contribution is -2.28. The number of benzene rings is 1. The SMILES string of the molecule is CCCC(O)(CCC)CCc1cccc(COCCNC)c1. The zero-order chi connectivity index (χ0) is 16.3. The molecule has 3 heteroatoms. The van der Waals surface area contributed by atoms with Gasteiger partial charge in [0.2, 0.25) is 0 Å². The topological polar surface area (TPSA) is 41.5 Å². The van der Waals surface area contributed by atoms with Gasteiger partial charge in [0.1, 0.15) is 0 Å². The molecule has 0 aromatic heterocycles. The minimum absolute atomic E-state index is 0.497. The Bertz CT molecular complexity index is 400. The second-order valence-electron chi connectivity index (χ2n) is 6.20. The van der Waals surface area contributed by atoms with Gasteiger partial charge in [-0.15, -0.1) is 0 Å². The van der Waals surface area contributed by atoms with Gasteiger partial charge in [-0.05, 0) is 43.9 Å². The highest BCUT2D eigenvalue weighted by atomic mass is 16.5. The maximum atomic E-state index is 10.7. The van der Waals surface area contributed by atoms with Crippen LogP contribution >= 0.6 is 0 Å². The van der Waals surface area contributed by atoms with Gasteiger partial charge in [0.15, 0.2) is 0 Å². The Balaban J connectivity index is 2.51. The molecule has 1 rings (SSSR count). The number of hydrogen-bond acceptors (Lipinski definition) is 3. The van der Waals surface area contributed by atoms with Crippen molar-refractivity contribution in [1.82, 2.24) is 5.32 Å². The van der Waals surface area contributed by atoms with E-state index >= 15 is 0 Å². The van der Waals surface area contributed by atoms with Crippen molar-refractivity contribution in [3.8, 4) is 0 Å². The molecule has 3 nitrogen and oxygen atoms in total. The zero-order valence-corrected chi connectivity index (χ0v) is 14.5. The summed E-state index contributed by atoms with van der Waals surface area (Å²) in [6.07, 6.45) is 5.65. The van der Waals surface area contributed by atoms with Crippen LogP contribution in [0.4, 0.5) is 0 Å². The predicted octanol–water partition coefficient (Wildman–Crippen LogP) is 3.69. The number of nitrogens with one attached hydrogen (secondary N) is 1. The number of aliphatic hydroxyl groups is 1. The largest absolute Gasteiger partial charge is 0.390 e. The monoisotopic (exact) mass is 307 g/mol. The Kier molecular flexibility index (Phi) is 9.37. The highest BCUT2D eigenvalue weighted by Crippen LogP contribution is 2.25. The molecule has 0 aliphatic heterocycles. The lowest BCUT2D eigenvalue weighted by atomic mass is 9.86. The summed E-state index contributed by atoms with van der Waals surface area (Å²) in [6, 6.07) is 8.55. The van der Waals surface area contributed by atoms with E-state index < -0.39 is 5.60 Å². The Hall–Kier alpha value is -0.900. The van der Waals surface area contributed by atoms with E-state index in [4.69, 9.17) is 4.74 Å². The lowest BCUT2D eigenvalue weighted by molar-refractivity contribution is 0.0132. The maximum absolute atomic E-state index is 10.7. The second-order valence-corrected chi connectivity index (χ2v) is 6.20. The molecule has 1 aromatic carbocycles. The van der Waals surface area contributed by atoms with Gasteiger partial charge < -0.3 is 15.2 Å². The summed E-state index contributed by atoms with van der Waals surface area (Å²) in [4.78, 5) is 0. The first-order valence-corrected chi connectivity index (χ1v) is 8.66. The summed E-state index contributed by atoms with van der Waals surface area (Å²) in [7, 11) is 1.93. The van der Waals surface area contributed by atoms with Gasteiger partial charge in [-0.25, -0.2) is 0 Å². The van der Waals surface area contributed by atoms with E-state index in [2.05, 4.69) is 43.4 Å². The fourth-order valence-corrected chi connectivity index (χ4v) is 2.92. The standard InChI is InChI=1S/C19H33NO2/c1-4-10-19(21,11-5-2)12-9-17-7-6-8-18(15-17)16-22-14-13-20-3/h6-8,15,20-21H,4-5,9-14,16H2,1-3H3. The number of aryl methyl sites for hydroxylation is 1. The number of likely N-dealkylation sites (N-methyl/N-ethyl adjacent to an activating group) is 1. The van der Waals surface area contributed by atoms with Crippen molar-refractivity contribution in [2.75, 3.05) is 20.2 Å². The molecular weight excluding hydrogens is 274 g/mol. The Morgan fingerprint density at radius 1 is 1.09 bits per heavy atom. The van der Waals surface area contributed by atoms with Crippen molar-refractivity contribution in [2.45, 2.75) is 64.6 Å². The van der Waals surface area contributed by atoms with Crippen LogP contribution in [0.2, 0.25) is 0 Å². The third-order valence-corrected chi connectivity index (χ3v) is 4.07. The molecule has 126 valence electrons. The number of rotatable bonds is 12. The third-order valence-electron chi connectivity index (χ3n) is 4.07. The van der Waals surface area contributed by atoms with Crippen LogP contribution in [-0.4, -0.2) is 30.9 Å². The first kappa shape index (κ1) is 19.1. The van der Waals surface area contributed by atoms with Gasteiger partial charge in [0.25, 0.3) is 0 Å². The van der Waals surface area contributed by atoms with Crippen LogP contribution in [0.15, 0.2) is 24.3 Å². The molecule has 0 atom stereocenters. The van der Waals surface area contributed by atoms with E-state index in [1.54, 1.807) is 0 Å². The Morgan fingerprint density at radius 2 is 1.77 bits per heavy atom. The molecule has 0 fully saturated rings. The van der Waals surface area contributed by atoms with Crippen LogP contribution < -0.4 is 5.32 Å². The fourth-order valence-electron chi connectivity index (χ4n) is 2.92. The van der Waals surface area contributed by atoms with Gasteiger partial charge in [0.05, 0.1) is 18.8 Å². The van der Waals surface area contributed by atoms with Crippen molar-refractivity contribution in [2.24, 2.45) is 0 Å². The minimum Gasteiger partial charge on any atom is -0.390 e. The molecule has 0 saturated carbocycles. The molecule has 0 aliphatic rings. The molecule has 1 aromatic rings. The van der Waals surface area contributed by atoms with Crippen molar-refractivity contribution < 1.29 is 9.84 Å². The summed E-state index contributed by atoms with van der Waals surface area (Å²) in [6.45, 7) is 6.55. The molecule has 0 saturated heterocycles. The molecule has 0 spiro atoms. The molecule has 0 heterocycles. The molecule has 0 unspecified atom stereocenters. The second kappa shape index (κ2) is 10.8. The highest BCUT2D eigenvalue weighted by molar-refractivity contribution is 5.23. The molecule has 2 N–H and O–H groups in total. The molecule has 0 aliphatic carbocycles. The van der Waals surface area contributed by atoms with E-state index in [1.165, 1.54) is 11.1 Å². The molecule has 0 amide bonds. The summed E-state index contributed by atoms with van der Waals surface area (Å²) < 4.78 is 5.63. The van der Waals surface area contributed by atoms with Gasteiger partial charge >= 0.3 is 0 Å². The Morgan fingerprint density at radius 3 is 2.41 bits per heavy atom. The van der Waals surface area contributed by atoms with E-state index in [9.17, 15) is 5.11 Å². The van der Waals surface area contributed by atoms with Crippen LogP contribution in [0.25, 0.3) is 0 Å². The Labute approximate surface area is 136 Å². The average molecular weight is 307 g/mol. The van der Waals surface area contributed by atoms with E-state index in [-0.39, 0.29) is 0 Å². The van der Waals surface area contributed by atoms with E-state index in [1.807, 2.05) is 7.05 Å². The third kappa shape index (κ3) is 7.39. The first-order chi connectivity index (χ1) is 10.6. The zero-order valence-electron chi connectivity index (χ0n) is 14.5. The van der Waals surface area contributed by atoms with Crippen LogP contribution in [0, 0.1) is 0 Å². The normalized spacial score (nSPS) is 11.8. The molecule has 0 bridgehead atoms. The molecular formula is C19H33NO2. The van der Waals surface area contributed by atoms with Crippen LogP contribution in [-0.2, 0) is 17.8 Å². The average Bonchev–Trinajstić information content (AvgIpc) is 2.51. The van der Waals surface area contributed by atoms with Gasteiger partial charge in [0, 0.05) is 6.54 Å². The number of hydrogen-bond donors (Lipinski definition) is 2. The predicted molar refractivity (Wildman–Crippen MR) is 93.1 cm³/mol. The van der Waals surface area contributed by atoms with Crippen molar-refractivity contribution in [3.05, 3.63) is 35.4 Å². The van der Waals surface area contributed by atoms with Crippen LogP contribution in [0.5, 0.6) is 0 Å². The van der Waals surface area contributed by atoms with Crippen molar-refractivity contribution in [1.29, 1.82) is 0 Å². The number of ether oxygens (including phenoxy) is 1. The molecule has 22 heavy (non-hydrogen) atoms. The van der Waals surface area contributed by atoms with Gasteiger partial charge in [-0.1, -0.05) is 51.0 Å². The first-order valence-electron chi connectivity index (χ1n) is 8.66. The molecule has 0 radical (unpaired) electrons. The lowest BCUT2D eigenvalue weighted by Gasteiger charge is -2.27. The minimum atomic E-state index is -0.497. The van der Waals surface area contributed by atoms with E-state index in [0.29, 0.717) is 6.61 Å². The van der Waals surface area contributed by atoms with Crippen molar-refractivity contribution in [3.63, 3.8) is 0 Å². The van der Waals surface area contributed by atoms with Gasteiger partial charge in [-0.3, -0.25) is 0 Å². The quantitative estimate of drug-likeness (QED) is 0.579. The van der Waals surface area contributed by atoms with Crippen LogP contribution in [0.3, 0.4) is 0 Å². The van der Waals surface area contributed by atoms with Crippen LogP contribution in [0.1, 0.15) is 57.1 Å². The fraction of sp³-hybridized carbons (Fsp3) is 0.684. The van der Waals surface area contributed by atoms with Crippen molar-refractivity contribution >= 4 is 0 Å².